The van der Waals surface area contributed by atoms with Crippen LogP contribution in [-0.2, 0) is 9.59 Å². The van der Waals surface area contributed by atoms with E-state index in [0.717, 1.165) is 38.5 Å². The Morgan fingerprint density at radius 2 is 1.09 bits per heavy atom. The smallest absolute Gasteiger partial charge is 0.211 e. The number of nitriles is 2. The fraction of sp³-hybridized carbons (Fsp3) is 0.750. The van der Waals surface area contributed by atoms with E-state index in [0.29, 0.717) is 25.9 Å². The first-order valence-electron chi connectivity index (χ1n) is 7.65. The molecule has 0 saturated heterocycles. The molecule has 0 heterocycles. The van der Waals surface area contributed by atoms with Gasteiger partial charge in [0, 0.05) is 11.8 Å². The normalized spacial score (nSPS) is 12.1. The molecule has 2 atom stereocenters. The molecule has 118 valence electrons. The molecule has 6 nitrogen and oxygen atoms in total. The third kappa shape index (κ3) is 11.6. The van der Waals surface area contributed by atoms with Crippen molar-refractivity contribution < 1.29 is 9.59 Å². The fourth-order valence-corrected chi connectivity index (χ4v) is 2.21. The second-order valence-corrected chi connectivity index (χ2v) is 5.17. The van der Waals surface area contributed by atoms with E-state index in [-0.39, 0.29) is 11.8 Å². The van der Waals surface area contributed by atoms with Crippen LogP contribution in [0.1, 0.15) is 51.4 Å². The molecule has 6 heteroatoms. The Balaban J connectivity index is 3.66. The molecule has 0 rings (SSSR count). The first kappa shape index (κ1) is 19.7. The van der Waals surface area contributed by atoms with Crippen molar-refractivity contribution in [2.24, 2.45) is 21.8 Å². The van der Waals surface area contributed by atoms with Gasteiger partial charge in [0.25, 0.3) is 0 Å². The lowest BCUT2D eigenvalue weighted by atomic mass is 9.96. The number of carbonyl (C=O) groups excluding carboxylic acids is 2. The van der Waals surface area contributed by atoms with Crippen molar-refractivity contribution in [1.82, 2.24) is 0 Å². The molecule has 0 aliphatic carbocycles. The van der Waals surface area contributed by atoms with E-state index < -0.39 is 0 Å². The van der Waals surface area contributed by atoms with Crippen LogP contribution in [0.25, 0.3) is 0 Å². The Morgan fingerprint density at radius 3 is 1.41 bits per heavy atom. The molecule has 0 amide bonds. The van der Waals surface area contributed by atoms with Crippen LogP contribution in [0.15, 0.2) is 9.98 Å². The second kappa shape index (κ2) is 15.1. The number of aliphatic imine (C=N–C) groups is 2. The van der Waals surface area contributed by atoms with E-state index in [1.807, 2.05) is 0 Å². The van der Waals surface area contributed by atoms with Gasteiger partial charge in [0.15, 0.2) is 0 Å². The maximum absolute atomic E-state index is 9.95. The Morgan fingerprint density at radius 1 is 0.682 bits per heavy atom. The number of hydrogen-bond acceptors (Lipinski definition) is 6. The topological polar surface area (TPSA) is 106 Å². The van der Waals surface area contributed by atoms with E-state index in [1.165, 1.54) is 12.2 Å². The van der Waals surface area contributed by atoms with Crippen LogP contribution >= 0.6 is 0 Å². The Bertz CT molecular complexity index is 422. The predicted molar refractivity (Wildman–Crippen MR) is 81.1 cm³/mol. The van der Waals surface area contributed by atoms with Gasteiger partial charge in [0.2, 0.25) is 12.2 Å². The van der Waals surface area contributed by atoms with Crippen LogP contribution in [0, 0.1) is 34.5 Å². The van der Waals surface area contributed by atoms with Gasteiger partial charge >= 0.3 is 0 Å². The highest BCUT2D eigenvalue weighted by molar-refractivity contribution is 5.32. The van der Waals surface area contributed by atoms with Crippen molar-refractivity contribution in [3.63, 3.8) is 0 Å². The number of unbranched alkanes of at least 4 members (excludes halogenated alkanes) is 3. The summed E-state index contributed by atoms with van der Waals surface area (Å²) in [5, 5.41) is 17.9. The third-order valence-corrected chi connectivity index (χ3v) is 3.53. The largest absolute Gasteiger partial charge is 0.234 e. The molecule has 0 saturated carbocycles. The van der Waals surface area contributed by atoms with E-state index in [4.69, 9.17) is 10.5 Å². The minimum Gasteiger partial charge on any atom is -0.211 e. The van der Waals surface area contributed by atoms with Crippen LogP contribution in [0.5, 0.6) is 0 Å². The summed E-state index contributed by atoms with van der Waals surface area (Å²) in [4.78, 5) is 26.8. The lowest BCUT2D eigenvalue weighted by Gasteiger charge is -2.08. The van der Waals surface area contributed by atoms with Gasteiger partial charge in [-0.15, -0.1) is 0 Å². The van der Waals surface area contributed by atoms with Crippen LogP contribution in [0.4, 0.5) is 0 Å². The number of isocyanates is 2. The van der Waals surface area contributed by atoms with Gasteiger partial charge < -0.3 is 0 Å². The zero-order valence-corrected chi connectivity index (χ0v) is 12.8. The molecule has 0 aromatic heterocycles. The van der Waals surface area contributed by atoms with Gasteiger partial charge in [-0.2, -0.15) is 10.5 Å². The SMILES string of the molecule is N#CC(CCCCCCC(C#N)CCN=C=O)CCN=C=O. The third-order valence-electron chi connectivity index (χ3n) is 3.53. The first-order chi connectivity index (χ1) is 10.8. The summed E-state index contributed by atoms with van der Waals surface area (Å²) in [6.07, 6.45) is 9.81. The van der Waals surface area contributed by atoms with Gasteiger partial charge in [-0.25, -0.2) is 19.6 Å². The highest BCUT2D eigenvalue weighted by Gasteiger charge is 2.08. The van der Waals surface area contributed by atoms with Crippen LogP contribution in [0.2, 0.25) is 0 Å². The Hall–Kier alpha value is -2.26. The molecule has 2 unspecified atom stereocenters. The van der Waals surface area contributed by atoms with Gasteiger partial charge in [-0.1, -0.05) is 25.7 Å². The zero-order chi connectivity index (χ0) is 16.5. The average molecular weight is 302 g/mol. The van der Waals surface area contributed by atoms with E-state index in [2.05, 4.69) is 22.1 Å². The quantitative estimate of drug-likeness (QED) is 0.296. The molecule has 0 fully saturated rings. The standard InChI is InChI=1S/C16H22N4O2/c17-11-15(7-9-19-13-21)5-3-1-2-4-6-16(12-18)8-10-20-14-22/h15-16H,1-10H2. The van der Waals surface area contributed by atoms with Gasteiger partial charge in [-0.3, -0.25) is 0 Å². The Labute approximate surface area is 131 Å². The van der Waals surface area contributed by atoms with Gasteiger partial charge in [-0.05, 0) is 25.7 Å². The first-order valence-corrected chi connectivity index (χ1v) is 7.65. The minimum absolute atomic E-state index is 0.0508. The van der Waals surface area contributed by atoms with Crippen molar-refractivity contribution in [2.45, 2.75) is 51.4 Å². The number of nitrogens with zero attached hydrogens (tertiary/aromatic N) is 4. The lowest BCUT2D eigenvalue weighted by Crippen LogP contribution is -2.01. The highest BCUT2D eigenvalue weighted by atomic mass is 16.1. The molecule has 22 heavy (non-hydrogen) atoms. The van der Waals surface area contributed by atoms with Crippen LogP contribution in [0.3, 0.4) is 0 Å². The van der Waals surface area contributed by atoms with Crippen molar-refractivity contribution in [3.05, 3.63) is 0 Å². The van der Waals surface area contributed by atoms with Gasteiger partial charge in [0.1, 0.15) is 0 Å². The molecule has 0 aromatic rings. The summed E-state index contributed by atoms with van der Waals surface area (Å²) in [7, 11) is 0. The van der Waals surface area contributed by atoms with Crippen LogP contribution in [-0.4, -0.2) is 25.2 Å². The summed E-state index contributed by atoms with van der Waals surface area (Å²) in [6, 6.07) is 4.47. The number of rotatable bonds is 13. The summed E-state index contributed by atoms with van der Waals surface area (Å²) < 4.78 is 0. The lowest BCUT2D eigenvalue weighted by molar-refractivity contribution is 0.481. The molecule has 0 bridgehead atoms. The molecule has 0 aromatic carbocycles. The van der Waals surface area contributed by atoms with Gasteiger partial charge in [0.05, 0.1) is 25.2 Å². The molecule has 0 aliphatic heterocycles. The maximum Gasteiger partial charge on any atom is 0.234 e. The molecular formula is C16H22N4O2. The summed E-state index contributed by atoms with van der Waals surface area (Å²) >= 11 is 0. The summed E-state index contributed by atoms with van der Waals surface area (Å²) in [6.45, 7) is 0.740. The van der Waals surface area contributed by atoms with Crippen molar-refractivity contribution >= 4 is 12.2 Å². The minimum atomic E-state index is -0.0508. The van der Waals surface area contributed by atoms with Crippen molar-refractivity contribution in [3.8, 4) is 12.1 Å². The monoisotopic (exact) mass is 302 g/mol. The fourth-order valence-electron chi connectivity index (χ4n) is 2.21. The maximum atomic E-state index is 9.95. The molecule has 0 spiro atoms. The summed E-state index contributed by atoms with van der Waals surface area (Å²) in [5.41, 5.74) is 0. The van der Waals surface area contributed by atoms with E-state index >= 15 is 0 Å². The number of hydrogen-bond donors (Lipinski definition) is 0. The van der Waals surface area contributed by atoms with Crippen LogP contribution < -0.4 is 0 Å². The second-order valence-electron chi connectivity index (χ2n) is 5.17. The van der Waals surface area contributed by atoms with E-state index in [9.17, 15) is 9.59 Å². The molecule has 0 N–H and O–H groups in total. The zero-order valence-electron chi connectivity index (χ0n) is 12.8. The Kier molecular flexibility index (Phi) is 13.6. The molecule has 0 radical (unpaired) electrons. The molecular weight excluding hydrogens is 280 g/mol. The summed E-state index contributed by atoms with van der Waals surface area (Å²) in [5.74, 6) is -0.102. The van der Waals surface area contributed by atoms with E-state index in [1.54, 1.807) is 0 Å². The highest BCUT2D eigenvalue weighted by Crippen LogP contribution is 2.17. The molecule has 0 aliphatic rings. The van der Waals surface area contributed by atoms with Crippen molar-refractivity contribution in [1.29, 1.82) is 10.5 Å². The average Bonchev–Trinajstić information content (AvgIpc) is 2.54. The predicted octanol–water partition coefficient (Wildman–Crippen LogP) is 3.06. The van der Waals surface area contributed by atoms with Crippen molar-refractivity contribution in [2.75, 3.05) is 13.1 Å².